The molecule has 2 fully saturated rings. The fraction of sp³-hybridized carbons (Fsp3) is 0.308. The highest BCUT2D eigenvalue weighted by Gasteiger charge is 2.63. The molecule has 5 heteroatoms. The van der Waals surface area contributed by atoms with Gasteiger partial charge in [-0.1, -0.05) is 60.7 Å². The summed E-state index contributed by atoms with van der Waals surface area (Å²) in [6, 6.07) is 24.6. The number of aromatic nitrogens is 1. The number of piperidine rings is 1. The molecule has 0 N–H and O–H groups in total. The lowest BCUT2D eigenvalue weighted by molar-refractivity contribution is -0.0322. The number of nitrogens with zero attached hydrogens (tertiary/aromatic N) is 3. The molecule has 0 radical (unpaired) electrons. The smallest absolute Gasteiger partial charge is 0.411 e. The number of amides is 1. The number of carbonyl (C=O) groups excluding carboxylic acids is 1. The summed E-state index contributed by atoms with van der Waals surface area (Å²) in [6.45, 7) is 4.37. The van der Waals surface area contributed by atoms with Gasteiger partial charge in [0.05, 0.1) is 6.54 Å². The van der Waals surface area contributed by atoms with E-state index in [1.807, 2.05) is 65.8 Å². The van der Waals surface area contributed by atoms with Crippen LogP contribution in [0.4, 0.5) is 10.5 Å². The van der Waals surface area contributed by atoms with Crippen molar-refractivity contribution in [3.8, 4) is 0 Å². The monoisotopic (exact) mass is 413 g/mol. The zero-order valence-electron chi connectivity index (χ0n) is 17.8. The Morgan fingerprint density at radius 3 is 2.16 bits per heavy atom. The van der Waals surface area contributed by atoms with Gasteiger partial charge in [0, 0.05) is 44.0 Å². The topological polar surface area (TPSA) is 45.7 Å². The van der Waals surface area contributed by atoms with E-state index in [0.717, 1.165) is 42.7 Å². The number of hydrogen-bond acceptors (Lipinski definition) is 4. The highest BCUT2D eigenvalue weighted by Crippen LogP contribution is 2.52. The Morgan fingerprint density at radius 2 is 1.52 bits per heavy atom. The summed E-state index contributed by atoms with van der Waals surface area (Å²) >= 11 is 0. The molecule has 158 valence electrons. The van der Waals surface area contributed by atoms with Gasteiger partial charge in [0.15, 0.2) is 0 Å². The van der Waals surface area contributed by atoms with Gasteiger partial charge in [-0.25, -0.2) is 4.79 Å². The molecule has 31 heavy (non-hydrogen) atoms. The second kappa shape index (κ2) is 7.73. The molecule has 2 aromatic carbocycles. The van der Waals surface area contributed by atoms with Crippen molar-refractivity contribution in [2.75, 3.05) is 18.0 Å². The van der Waals surface area contributed by atoms with Crippen molar-refractivity contribution >= 4 is 11.8 Å². The quantitative estimate of drug-likeness (QED) is 0.605. The second-order valence-electron chi connectivity index (χ2n) is 8.56. The standard InChI is InChI=1S/C26H27N3O2/c1-25(22-10-6-3-7-11-22)26(14-18-28(19-15-26)23-12-16-27-17-13-23)31-24(30)29(25)20-21-8-4-2-5-9-21/h2-13,16-17H,14-15,18-20H2,1H3. The number of rotatable bonds is 4. The van der Waals surface area contributed by atoms with Gasteiger partial charge in [0.25, 0.3) is 0 Å². The molecule has 1 atom stereocenters. The minimum atomic E-state index is -0.566. The Labute approximate surface area is 183 Å². The van der Waals surface area contributed by atoms with E-state index in [1.165, 1.54) is 0 Å². The molecule has 3 heterocycles. The lowest BCUT2D eigenvalue weighted by Crippen LogP contribution is -2.58. The summed E-state index contributed by atoms with van der Waals surface area (Å²) < 4.78 is 6.28. The van der Waals surface area contributed by atoms with E-state index in [2.05, 4.69) is 41.1 Å². The molecule has 0 aliphatic carbocycles. The van der Waals surface area contributed by atoms with E-state index in [1.54, 1.807) is 0 Å². The first-order chi connectivity index (χ1) is 15.1. The molecule has 2 aliphatic rings. The Hall–Kier alpha value is -3.34. The van der Waals surface area contributed by atoms with Crippen LogP contribution in [0.3, 0.4) is 0 Å². The van der Waals surface area contributed by atoms with Crippen molar-refractivity contribution in [3.05, 3.63) is 96.3 Å². The average molecular weight is 414 g/mol. The largest absolute Gasteiger partial charge is 0.440 e. The molecule has 1 unspecified atom stereocenters. The first kappa shape index (κ1) is 19.6. The molecule has 5 rings (SSSR count). The minimum absolute atomic E-state index is 0.229. The molecule has 0 saturated carbocycles. The number of ether oxygens (including phenoxy) is 1. The van der Waals surface area contributed by atoms with Crippen LogP contribution in [0.25, 0.3) is 0 Å². The normalized spacial score (nSPS) is 22.5. The van der Waals surface area contributed by atoms with Crippen molar-refractivity contribution in [3.63, 3.8) is 0 Å². The number of benzene rings is 2. The van der Waals surface area contributed by atoms with Crippen LogP contribution in [0.2, 0.25) is 0 Å². The predicted molar refractivity (Wildman–Crippen MR) is 121 cm³/mol. The average Bonchev–Trinajstić information content (AvgIpc) is 3.03. The third kappa shape index (κ3) is 3.25. The Balaban J connectivity index is 1.50. The zero-order valence-corrected chi connectivity index (χ0v) is 17.8. The molecule has 1 amide bonds. The molecule has 0 bridgehead atoms. The number of anilines is 1. The summed E-state index contributed by atoms with van der Waals surface area (Å²) in [6.07, 6.45) is 4.97. The minimum Gasteiger partial charge on any atom is -0.440 e. The molecule has 3 aromatic rings. The third-order valence-corrected chi connectivity index (χ3v) is 7.05. The van der Waals surface area contributed by atoms with Crippen molar-refractivity contribution in [1.82, 2.24) is 9.88 Å². The number of pyridine rings is 1. The van der Waals surface area contributed by atoms with Crippen LogP contribution in [-0.4, -0.2) is 34.7 Å². The van der Waals surface area contributed by atoms with E-state index >= 15 is 0 Å². The highest BCUT2D eigenvalue weighted by atomic mass is 16.6. The molecule has 2 aliphatic heterocycles. The van der Waals surface area contributed by atoms with Crippen LogP contribution in [0.5, 0.6) is 0 Å². The van der Waals surface area contributed by atoms with Gasteiger partial charge in [-0.2, -0.15) is 0 Å². The first-order valence-corrected chi connectivity index (χ1v) is 10.9. The maximum absolute atomic E-state index is 13.3. The van der Waals surface area contributed by atoms with Crippen LogP contribution in [0.15, 0.2) is 85.2 Å². The maximum Gasteiger partial charge on any atom is 0.411 e. The van der Waals surface area contributed by atoms with E-state index < -0.39 is 11.1 Å². The van der Waals surface area contributed by atoms with E-state index in [9.17, 15) is 4.79 Å². The Kier molecular flexibility index (Phi) is 4.89. The van der Waals surface area contributed by atoms with Crippen LogP contribution >= 0.6 is 0 Å². The van der Waals surface area contributed by atoms with Crippen LogP contribution < -0.4 is 4.90 Å². The van der Waals surface area contributed by atoms with Crippen molar-refractivity contribution in [2.45, 2.75) is 37.5 Å². The molecule has 1 spiro atoms. The SMILES string of the molecule is CC1(c2ccccc2)N(Cc2ccccc2)C(=O)OC12CCN(c1ccncc1)CC2. The Bertz CT molecular complexity index is 1030. The second-order valence-corrected chi connectivity index (χ2v) is 8.56. The first-order valence-electron chi connectivity index (χ1n) is 10.9. The fourth-order valence-corrected chi connectivity index (χ4v) is 5.19. The summed E-state index contributed by atoms with van der Waals surface area (Å²) in [4.78, 5) is 21.7. The van der Waals surface area contributed by atoms with Gasteiger partial charge in [-0.15, -0.1) is 0 Å². The van der Waals surface area contributed by atoms with Gasteiger partial charge >= 0.3 is 6.09 Å². The summed E-state index contributed by atoms with van der Waals surface area (Å²) in [5.41, 5.74) is 2.27. The van der Waals surface area contributed by atoms with Gasteiger partial charge < -0.3 is 9.64 Å². The van der Waals surface area contributed by atoms with Crippen LogP contribution in [0, 0.1) is 0 Å². The molecule has 2 saturated heterocycles. The summed E-state index contributed by atoms with van der Waals surface area (Å²) in [7, 11) is 0. The van der Waals surface area contributed by atoms with Gasteiger partial charge in [-0.05, 0) is 30.2 Å². The highest BCUT2D eigenvalue weighted by molar-refractivity contribution is 5.74. The number of hydrogen-bond donors (Lipinski definition) is 0. The third-order valence-electron chi connectivity index (χ3n) is 7.05. The van der Waals surface area contributed by atoms with Crippen LogP contribution in [-0.2, 0) is 16.8 Å². The van der Waals surface area contributed by atoms with Crippen molar-refractivity contribution in [2.24, 2.45) is 0 Å². The van der Waals surface area contributed by atoms with Crippen molar-refractivity contribution < 1.29 is 9.53 Å². The van der Waals surface area contributed by atoms with Gasteiger partial charge in [-0.3, -0.25) is 9.88 Å². The maximum atomic E-state index is 13.3. The number of carbonyl (C=O) groups is 1. The van der Waals surface area contributed by atoms with Crippen molar-refractivity contribution in [1.29, 1.82) is 0 Å². The van der Waals surface area contributed by atoms with Gasteiger partial charge in [0.1, 0.15) is 11.1 Å². The molecular weight excluding hydrogens is 386 g/mol. The molecule has 1 aromatic heterocycles. The lowest BCUT2D eigenvalue weighted by Gasteiger charge is -2.48. The fourth-order valence-electron chi connectivity index (χ4n) is 5.19. The Morgan fingerprint density at radius 1 is 0.903 bits per heavy atom. The zero-order chi connectivity index (χ0) is 21.3. The summed E-state index contributed by atoms with van der Waals surface area (Å²) in [5, 5.41) is 0. The molecular formula is C26H27N3O2. The van der Waals surface area contributed by atoms with Crippen LogP contribution in [0.1, 0.15) is 30.9 Å². The molecule has 5 nitrogen and oxygen atoms in total. The van der Waals surface area contributed by atoms with E-state index in [0.29, 0.717) is 6.54 Å². The lowest BCUT2D eigenvalue weighted by atomic mass is 9.70. The van der Waals surface area contributed by atoms with E-state index in [4.69, 9.17) is 4.74 Å². The van der Waals surface area contributed by atoms with Gasteiger partial charge in [0.2, 0.25) is 0 Å². The predicted octanol–water partition coefficient (Wildman–Crippen LogP) is 4.99. The summed E-state index contributed by atoms with van der Waals surface area (Å²) in [5.74, 6) is 0. The van der Waals surface area contributed by atoms with E-state index in [-0.39, 0.29) is 6.09 Å².